The Bertz CT molecular complexity index is 665. The fourth-order valence-corrected chi connectivity index (χ4v) is 2.16. The van der Waals surface area contributed by atoms with E-state index in [-0.39, 0.29) is 22.7 Å². The normalized spacial score (nSPS) is 10.2. The number of anilines is 2. The molecule has 0 aromatic carbocycles. The van der Waals surface area contributed by atoms with Crippen LogP contribution in [0.1, 0.15) is 23.0 Å². The van der Waals surface area contributed by atoms with Gasteiger partial charge in [-0.25, -0.2) is 9.78 Å². The molecule has 0 radical (unpaired) electrons. The van der Waals surface area contributed by atoms with E-state index in [4.69, 9.17) is 10.5 Å². The number of ether oxygens (including phenoxy) is 1. The van der Waals surface area contributed by atoms with Crippen LogP contribution >= 0.6 is 11.3 Å². The number of rotatable bonds is 5. The number of nitrogens with two attached hydrogens (primary N) is 1. The number of hydrogen-bond donors (Lipinski definition) is 3. The number of aromatic nitrogens is 2. The van der Waals surface area contributed by atoms with E-state index in [1.165, 1.54) is 12.3 Å². The summed E-state index contributed by atoms with van der Waals surface area (Å²) in [5.74, 6) is -0.109. The molecule has 7 nitrogen and oxygen atoms in total. The van der Waals surface area contributed by atoms with E-state index in [1.807, 2.05) is 0 Å². The molecule has 0 aliphatic heterocycles. The molecule has 0 saturated carbocycles. The van der Waals surface area contributed by atoms with Gasteiger partial charge >= 0.3 is 10.8 Å². The minimum absolute atomic E-state index is 0.122. The molecule has 0 amide bonds. The molecule has 0 aliphatic rings. The zero-order chi connectivity index (χ0) is 14.5. The topological polar surface area (TPSA) is 110 Å². The molecule has 106 valence electrons. The van der Waals surface area contributed by atoms with Gasteiger partial charge in [-0.15, -0.1) is 0 Å². The molecular formula is C12H14N4O3S. The lowest BCUT2D eigenvalue weighted by Gasteiger charge is -2.10. The van der Waals surface area contributed by atoms with Crippen LogP contribution in [0.15, 0.2) is 22.4 Å². The zero-order valence-corrected chi connectivity index (χ0v) is 11.6. The third kappa shape index (κ3) is 3.15. The maximum atomic E-state index is 11.7. The van der Waals surface area contributed by atoms with Gasteiger partial charge in [0.05, 0.1) is 24.4 Å². The summed E-state index contributed by atoms with van der Waals surface area (Å²) in [6.45, 7) is 2.36. The SMILES string of the molecule is CCOC(=O)c1ccnc(NCc2csc(=O)[nH]2)c1N. The fourth-order valence-electron chi connectivity index (χ4n) is 1.58. The summed E-state index contributed by atoms with van der Waals surface area (Å²) in [6.07, 6.45) is 1.47. The number of nitrogens with zero attached hydrogens (tertiary/aromatic N) is 1. The molecule has 0 saturated heterocycles. The highest BCUT2D eigenvalue weighted by Crippen LogP contribution is 2.21. The maximum absolute atomic E-state index is 11.7. The highest BCUT2D eigenvalue weighted by molar-refractivity contribution is 7.07. The fraction of sp³-hybridized carbons (Fsp3) is 0.250. The average molecular weight is 294 g/mol. The van der Waals surface area contributed by atoms with Crippen LogP contribution in [0.5, 0.6) is 0 Å². The summed E-state index contributed by atoms with van der Waals surface area (Å²) in [7, 11) is 0. The van der Waals surface area contributed by atoms with Crippen molar-refractivity contribution in [2.45, 2.75) is 13.5 Å². The molecule has 2 rings (SSSR count). The summed E-state index contributed by atoms with van der Waals surface area (Å²) in [4.78, 5) is 29.3. The van der Waals surface area contributed by atoms with Gasteiger partial charge in [-0.3, -0.25) is 4.79 Å². The standard InChI is InChI=1S/C12H14N4O3S/c1-2-19-11(17)8-3-4-14-10(9(8)13)15-5-7-6-20-12(18)16-7/h3-4,6H,2,5,13H2,1H3,(H,14,15)(H,16,18). The van der Waals surface area contributed by atoms with Crippen LogP contribution in [0.4, 0.5) is 11.5 Å². The predicted octanol–water partition coefficient (Wildman–Crippen LogP) is 1.20. The first-order chi connectivity index (χ1) is 9.61. The molecule has 2 aromatic rings. The van der Waals surface area contributed by atoms with Crippen molar-refractivity contribution in [3.05, 3.63) is 38.6 Å². The second-order valence-electron chi connectivity index (χ2n) is 3.87. The van der Waals surface area contributed by atoms with Gasteiger partial charge in [0.2, 0.25) is 0 Å². The first kappa shape index (κ1) is 14.1. The van der Waals surface area contributed by atoms with Crippen LogP contribution in [-0.2, 0) is 11.3 Å². The van der Waals surface area contributed by atoms with Crippen LogP contribution < -0.4 is 15.9 Å². The zero-order valence-electron chi connectivity index (χ0n) is 10.8. The maximum Gasteiger partial charge on any atom is 0.340 e. The van der Waals surface area contributed by atoms with E-state index in [0.29, 0.717) is 12.4 Å². The van der Waals surface area contributed by atoms with Gasteiger partial charge < -0.3 is 20.8 Å². The van der Waals surface area contributed by atoms with Crippen LogP contribution in [0.3, 0.4) is 0 Å². The van der Waals surface area contributed by atoms with Crippen molar-refractivity contribution in [3.63, 3.8) is 0 Å². The number of esters is 1. The molecule has 2 aromatic heterocycles. The Balaban J connectivity index is 2.14. The van der Waals surface area contributed by atoms with E-state index >= 15 is 0 Å². The van der Waals surface area contributed by atoms with Crippen molar-refractivity contribution in [2.75, 3.05) is 17.7 Å². The third-order valence-corrected chi connectivity index (χ3v) is 3.22. The predicted molar refractivity (Wildman–Crippen MR) is 76.9 cm³/mol. The van der Waals surface area contributed by atoms with Gasteiger partial charge in [-0.2, -0.15) is 0 Å². The summed E-state index contributed by atoms with van der Waals surface area (Å²) < 4.78 is 4.91. The Morgan fingerprint density at radius 2 is 2.40 bits per heavy atom. The van der Waals surface area contributed by atoms with Crippen molar-refractivity contribution in [1.82, 2.24) is 9.97 Å². The van der Waals surface area contributed by atoms with E-state index in [2.05, 4.69) is 15.3 Å². The molecule has 0 aliphatic carbocycles. The first-order valence-electron chi connectivity index (χ1n) is 5.94. The highest BCUT2D eigenvalue weighted by atomic mass is 32.1. The summed E-state index contributed by atoms with van der Waals surface area (Å²) in [5.41, 5.74) is 7.11. The molecule has 0 bridgehead atoms. The Morgan fingerprint density at radius 3 is 3.05 bits per heavy atom. The Labute approximate surface area is 118 Å². The van der Waals surface area contributed by atoms with Gasteiger partial charge in [-0.1, -0.05) is 11.3 Å². The summed E-state index contributed by atoms with van der Waals surface area (Å²) >= 11 is 1.08. The smallest absolute Gasteiger partial charge is 0.340 e. The number of nitrogen functional groups attached to an aromatic ring is 1. The quantitative estimate of drug-likeness (QED) is 0.715. The van der Waals surface area contributed by atoms with Gasteiger partial charge in [0.15, 0.2) is 0 Å². The summed E-state index contributed by atoms with van der Waals surface area (Å²) in [6, 6.07) is 1.50. The van der Waals surface area contributed by atoms with Crippen molar-refractivity contribution in [1.29, 1.82) is 0 Å². The number of H-pyrrole nitrogens is 1. The largest absolute Gasteiger partial charge is 0.462 e. The second-order valence-corrected chi connectivity index (χ2v) is 4.71. The van der Waals surface area contributed by atoms with Crippen LogP contribution in [0, 0.1) is 0 Å². The van der Waals surface area contributed by atoms with Crippen molar-refractivity contribution >= 4 is 28.8 Å². The lowest BCUT2D eigenvalue weighted by atomic mass is 10.2. The van der Waals surface area contributed by atoms with E-state index < -0.39 is 5.97 Å². The minimum atomic E-state index is -0.487. The number of carbonyl (C=O) groups is 1. The van der Waals surface area contributed by atoms with Crippen molar-refractivity contribution in [2.24, 2.45) is 0 Å². The van der Waals surface area contributed by atoms with Gasteiger partial charge in [0, 0.05) is 17.3 Å². The van der Waals surface area contributed by atoms with Crippen LogP contribution in [0.25, 0.3) is 0 Å². The minimum Gasteiger partial charge on any atom is -0.462 e. The molecule has 2 heterocycles. The molecule has 0 spiro atoms. The molecule has 0 fully saturated rings. The van der Waals surface area contributed by atoms with E-state index in [9.17, 15) is 9.59 Å². The van der Waals surface area contributed by atoms with Crippen molar-refractivity contribution < 1.29 is 9.53 Å². The number of pyridine rings is 1. The second kappa shape index (κ2) is 6.20. The number of thiazole rings is 1. The van der Waals surface area contributed by atoms with Crippen LogP contribution in [0.2, 0.25) is 0 Å². The number of hydrogen-bond acceptors (Lipinski definition) is 7. The number of nitrogens with one attached hydrogen (secondary N) is 2. The van der Waals surface area contributed by atoms with Gasteiger partial charge in [0.1, 0.15) is 5.82 Å². The third-order valence-electron chi connectivity index (χ3n) is 2.50. The average Bonchev–Trinajstić information content (AvgIpc) is 2.83. The molecular weight excluding hydrogens is 280 g/mol. The number of aromatic amines is 1. The van der Waals surface area contributed by atoms with E-state index in [0.717, 1.165) is 17.0 Å². The first-order valence-corrected chi connectivity index (χ1v) is 6.82. The number of carbonyl (C=O) groups excluding carboxylic acids is 1. The van der Waals surface area contributed by atoms with Gasteiger partial charge in [-0.05, 0) is 13.0 Å². The highest BCUT2D eigenvalue weighted by Gasteiger charge is 2.14. The Kier molecular flexibility index (Phi) is 4.36. The molecule has 0 unspecified atom stereocenters. The lowest BCUT2D eigenvalue weighted by Crippen LogP contribution is -2.12. The Hall–Kier alpha value is -2.35. The summed E-state index contributed by atoms with van der Waals surface area (Å²) in [5, 5.41) is 4.68. The monoisotopic (exact) mass is 294 g/mol. The molecule has 8 heteroatoms. The lowest BCUT2D eigenvalue weighted by molar-refractivity contribution is 0.0527. The molecule has 20 heavy (non-hydrogen) atoms. The van der Waals surface area contributed by atoms with Crippen LogP contribution in [-0.4, -0.2) is 22.5 Å². The van der Waals surface area contributed by atoms with Crippen molar-refractivity contribution in [3.8, 4) is 0 Å². The Morgan fingerprint density at radius 1 is 1.60 bits per heavy atom. The van der Waals surface area contributed by atoms with Gasteiger partial charge in [0.25, 0.3) is 0 Å². The molecule has 0 atom stereocenters. The molecule has 4 N–H and O–H groups in total. The van der Waals surface area contributed by atoms with E-state index in [1.54, 1.807) is 12.3 Å².